The van der Waals surface area contributed by atoms with Crippen LogP contribution < -0.4 is 5.32 Å². The van der Waals surface area contributed by atoms with Crippen LogP contribution in [0.1, 0.15) is 39.5 Å². The van der Waals surface area contributed by atoms with Crippen molar-refractivity contribution in [3.05, 3.63) is 0 Å². The number of carboxylic acid groups (broad SMARTS) is 1. The number of aliphatic carboxylic acids is 1. The number of amides is 2. The van der Waals surface area contributed by atoms with Gasteiger partial charge in [0.15, 0.2) is 0 Å². The molecule has 1 aliphatic carbocycles. The molecule has 0 aromatic heterocycles. The predicted octanol–water partition coefficient (Wildman–Crippen LogP) is 2.41. The number of carbonyl (C=O) groups is 2. The molecule has 6 heteroatoms. The van der Waals surface area contributed by atoms with E-state index in [0.717, 1.165) is 25.0 Å². The third-order valence-corrected chi connectivity index (χ3v) is 4.05. The van der Waals surface area contributed by atoms with Crippen molar-refractivity contribution in [1.29, 1.82) is 0 Å². The fourth-order valence-electron chi connectivity index (χ4n) is 1.96. The lowest BCUT2D eigenvalue weighted by molar-refractivity contribution is -0.139. The van der Waals surface area contributed by atoms with Crippen molar-refractivity contribution in [1.82, 2.24) is 10.2 Å². The molecule has 0 aliphatic heterocycles. The highest BCUT2D eigenvalue weighted by atomic mass is 32.2. The molecular formula is C14H26N2O3S. The van der Waals surface area contributed by atoms with Crippen LogP contribution in [0.5, 0.6) is 0 Å². The molecule has 0 aromatic carbocycles. The van der Waals surface area contributed by atoms with Crippen LogP contribution in [0.4, 0.5) is 4.79 Å². The second-order valence-electron chi connectivity index (χ2n) is 5.73. The molecule has 2 N–H and O–H groups in total. The summed E-state index contributed by atoms with van der Waals surface area (Å²) in [5.74, 6) is 0.315. The van der Waals surface area contributed by atoms with E-state index in [1.807, 2.05) is 11.2 Å². The van der Waals surface area contributed by atoms with Gasteiger partial charge in [-0.05, 0) is 43.6 Å². The number of rotatable bonds is 9. The zero-order valence-electron chi connectivity index (χ0n) is 12.6. The normalized spacial score (nSPS) is 16.0. The minimum Gasteiger partial charge on any atom is -0.480 e. The zero-order chi connectivity index (χ0) is 15.1. The van der Waals surface area contributed by atoms with Crippen LogP contribution >= 0.6 is 11.8 Å². The van der Waals surface area contributed by atoms with Gasteiger partial charge in [-0.15, -0.1) is 0 Å². The molecule has 1 atom stereocenters. The van der Waals surface area contributed by atoms with Crippen LogP contribution in [0.25, 0.3) is 0 Å². The highest BCUT2D eigenvalue weighted by Gasteiger charge is 2.33. The zero-order valence-corrected chi connectivity index (χ0v) is 13.4. The highest BCUT2D eigenvalue weighted by Crippen LogP contribution is 2.27. The number of carboxylic acids is 1. The van der Waals surface area contributed by atoms with Crippen molar-refractivity contribution in [2.45, 2.75) is 51.6 Å². The van der Waals surface area contributed by atoms with Crippen molar-refractivity contribution in [2.75, 3.05) is 18.6 Å². The molecule has 20 heavy (non-hydrogen) atoms. The average molecular weight is 302 g/mol. The van der Waals surface area contributed by atoms with E-state index in [0.29, 0.717) is 24.9 Å². The first-order valence-corrected chi connectivity index (χ1v) is 8.64. The van der Waals surface area contributed by atoms with Crippen LogP contribution in [-0.2, 0) is 4.79 Å². The van der Waals surface area contributed by atoms with Gasteiger partial charge in [0.2, 0.25) is 0 Å². The maximum atomic E-state index is 12.3. The fourth-order valence-corrected chi connectivity index (χ4v) is 2.43. The Morgan fingerprint density at radius 2 is 2.00 bits per heavy atom. The monoisotopic (exact) mass is 302 g/mol. The Hall–Kier alpha value is -0.910. The summed E-state index contributed by atoms with van der Waals surface area (Å²) in [6.45, 7) is 4.96. The molecule has 0 saturated heterocycles. The van der Waals surface area contributed by atoms with E-state index in [1.54, 1.807) is 11.8 Å². The summed E-state index contributed by atoms with van der Waals surface area (Å²) in [7, 11) is 0. The predicted molar refractivity (Wildman–Crippen MR) is 82.1 cm³/mol. The van der Waals surface area contributed by atoms with Crippen molar-refractivity contribution in [3.8, 4) is 0 Å². The Morgan fingerprint density at radius 3 is 2.45 bits per heavy atom. The molecule has 1 fully saturated rings. The quantitative estimate of drug-likeness (QED) is 0.686. The topological polar surface area (TPSA) is 69.6 Å². The van der Waals surface area contributed by atoms with Gasteiger partial charge in [-0.3, -0.25) is 0 Å². The number of hydrogen-bond acceptors (Lipinski definition) is 3. The Kier molecular flexibility index (Phi) is 7.19. The Bertz CT molecular complexity index is 332. The van der Waals surface area contributed by atoms with E-state index >= 15 is 0 Å². The molecule has 116 valence electrons. The number of thioether (sulfide) groups is 1. The average Bonchev–Trinajstić information content (AvgIpc) is 3.18. The molecular weight excluding hydrogens is 276 g/mol. The summed E-state index contributed by atoms with van der Waals surface area (Å²) in [5.41, 5.74) is 0. The minimum absolute atomic E-state index is 0.221. The number of hydrogen-bond donors (Lipinski definition) is 2. The summed E-state index contributed by atoms with van der Waals surface area (Å²) < 4.78 is 0. The van der Waals surface area contributed by atoms with E-state index in [2.05, 4.69) is 19.2 Å². The van der Waals surface area contributed by atoms with Crippen LogP contribution in [0.15, 0.2) is 0 Å². The molecule has 0 heterocycles. The standard InChI is InChI=1S/C14H26N2O3S/c1-10(2)6-8-16(11-4-5-11)14(19)15-12(13(17)18)7-9-20-3/h10-12H,4-9H2,1-3H3,(H,15,19)(H,17,18)/t12-/m0/s1. The van der Waals surface area contributed by atoms with Gasteiger partial charge in [-0.25, -0.2) is 9.59 Å². The Labute approximate surface area is 125 Å². The lowest BCUT2D eigenvalue weighted by Gasteiger charge is -2.25. The molecule has 2 amide bonds. The molecule has 5 nitrogen and oxygen atoms in total. The maximum absolute atomic E-state index is 12.3. The van der Waals surface area contributed by atoms with Gasteiger partial charge in [0.05, 0.1) is 0 Å². The lowest BCUT2D eigenvalue weighted by Crippen LogP contribution is -2.49. The SMILES string of the molecule is CSCC[C@H](NC(=O)N(CCC(C)C)C1CC1)C(=O)O. The second kappa shape index (κ2) is 8.39. The molecule has 0 radical (unpaired) electrons. The van der Waals surface area contributed by atoms with Crippen molar-refractivity contribution in [2.24, 2.45) is 5.92 Å². The van der Waals surface area contributed by atoms with Crippen LogP contribution in [0, 0.1) is 5.92 Å². The maximum Gasteiger partial charge on any atom is 0.326 e. The lowest BCUT2D eigenvalue weighted by atomic mass is 10.1. The molecule has 0 bridgehead atoms. The van der Waals surface area contributed by atoms with Gasteiger partial charge in [0.1, 0.15) is 6.04 Å². The third-order valence-electron chi connectivity index (χ3n) is 3.40. The Balaban J connectivity index is 2.52. The minimum atomic E-state index is -0.952. The summed E-state index contributed by atoms with van der Waals surface area (Å²) >= 11 is 1.59. The van der Waals surface area contributed by atoms with Gasteiger partial charge >= 0.3 is 12.0 Å². The van der Waals surface area contributed by atoms with Crippen LogP contribution in [0.2, 0.25) is 0 Å². The number of nitrogens with zero attached hydrogens (tertiary/aromatic N) is 1. The molecule has 0 spiro atoms. The van der Waals surface area contributed by atoms with Gasteiger partial charge in [-0.1, -0.05) is 13.8 Å². The summed E-state index contributed by atoms with van der Waals surface area (Å²) in [5, 5.41) is 11.8. The number of urea groups is 1. The van der Waals surface area contributed by atoms with Gasteiger partial charge < -0.3 is 15.3 Å². The molecule has 1 saturated carbocycles. The van der Waals surface area contributed by atoms with Crippen molar-refractivity contribution < 1.29 is 14.7 Å². The fraction of sp³-hybridized carbons (Fsp3) is 0.857. The molecule has 0 unspecified atom stereocenters. The van der Waals surface area contributed by atoms with E-state index in [9.17, 15) is 9.59 Å². The van der Waals surface area contributed by atoms with Gasteiger partial charge in [0.25, 0.3) is 0 Å². The van der Waals surface area contributed by atoms with Crippen LogP contribution in [0.3, 0.4) is 0 Å². The first-order chi connectivity index (χ1) is 9.45. The largest absolute Gasteiger partial charge is 0.480 e. The van der Waals surface area contributed by atoms with Gasteiger partial charge in [-0.2, -0.15) is 11.8 Å². The number of nitrogens with one attached hydrogen (secondary N) is 1. The summed E-state index contributed by atoms with van der Waals surface area (Å²) in [6, 6.07) is -0.694. The summed E-state index contributed by atoms with van der Waals surface area (Å²) in [4.78, 5) is 25.2. The Morgan fingerprint density at radius 1 is 1.35 bits per heavy atom. The first-order valence-electron chi connectivity index (χ1n) is 7.24. The second-order valence-corrected chi connectivity index (χ2v) is 6.71. The van der Waals surface area contributed by atoms with Crippen molar-refractivity contribution in [3.63, 3.8) is 0 Å². The third kappa shape index (κ3) is 6.03. The van der Waals surface area contributed by atoms with Crippen molar-refractivity contribution >= 4 is 23.8 Å². The smallest absolute Gasteiger partial charge is 0.326 e. The summed E-state index contributed by atoms with van der Waals surface area (Å²) in [6.07, 6.45) is 5.42. The number of carbonyl (C=O) groups excluding carboxylic acids is 1. The molecule has 0 aromatic rings. The van der Waals surface area contributed by atoms with Gasteiger partial charge in [0, 0.05) is 12.6 Å². The van der Waals surface area contributed by atoms with Crippen LogP contribution in [-0.4, -0.2) is 52.6 Å². The van der Waals surface area contributed by atoms with E-state index in [-0.39, 0.29) is 6.03 Å². The molecule has 1 aliphatic rings. The van der Waals surface area contributed by atoms with E-state index in [4.69, 9.17) is 5.11 Å². The van der Waals surface area contributed by atoms with E-state index < -0.39 is 12.0 Å². The highest BCUT2D eigenvalue weighted by molar-refractivity contribution is 7.98. The first kappa shape index (κ1) is 17.1. The van der Waals surface area contributed by atoms with E-state index in [1.165, 1.54) is 0 Å². The molecule has 1 rings (SSSR count).